The number of ether oxygens (including phenoxy) is 1. The maximum atomic E-state index is 5.29. The summed E-state index contributed by atoms with van der Waals surface area (Å²) in [6, 6.07) is 8.21. The molecule has 2 rings (SSSR count). The van der Waals surface area contributed by atoms with Gasteiger partial charge in [0.1, 0.15) is 5.75 Å². The Morgan fingerprint density at radius 3 is 2.67 bits per heavy atom. The van der Waals surface area contributed by atoms with E-state index in [1.54, 1.807) is 7.11 Å². The van der Waals surface area contributed by atoms with Crippen molar-refractivity contribution >= 4 is 15.9 Å². The number of aromatic nitrogens is 1. The fourth-order valence-electron chi connectivity index (χ4n) is 2.06. The van der Waals surface area contributed by atoms with Crippen LogP contribution in [0.1, 0.15) is 31.9 Å². The van der Waals surface area contributed by atoms with E-state index in [9.17, 15) is 0 Å². The topological polar surface area (TPSA) is 26.2 Å². The van der Waals surface area contributed by atoms with Crippen LogP contribution < -0.4 is 10.1 Å². The van der Waals surface area contributed by atoms with E-state index >= 15 is 0 Å². The zero-order valence-electron chi connectivity index (χ0n) is 13.1. The Hall–Kier alpha value is -1.26. The van der Waals surface area contributed by atoms with Crippen molar-refractivity contribution in [3.63, 3.8) is 0 Å². The molecule has 1 aromatic heterocycles. The molecule has 1 aromatic carbocycles. The average Bonchev–Trinajstić information content (AvgIpc) is 2.86. The summed E-state index contributed by atoms with van der Waals surface area (Å²) in [6.07, 6.45) is 4.30. The van der Waals surface area contributed by atoms with Gasteiger partial charge in [0.15, 0.2) is 0 Å². The van der Waals surface area contributed by atoms with Gasteiger partial charge < -0.3 is 14.6 Å². The van der Waals surface area contributed by atoms with Gasteiger partial charge in [-0.3, -0.25) is 0 Å². The molecule has 0 saturated carbocycles. The van der Waals surface area contributed by atoms with Crippen molar-refractivity contribution < 1.29 is 4.74 Å². The highest BCUT2D eigenvalue weighted by molar-refractivity contribution is 9.10. The van der Waals surface area contributed by atoms with Crippen LogP contribution >= 0.6 is 15.9 Å². The zero-order chi connectivity index (χ0) is 15.5. The molecule has 0 saturated heterocycles. The van der Waals surface area contributed by atoms with Crippen LogP contribution in [0.5, 0.6) is 5.75 Å². The molecular weight excluding hydrogens is 328 g/mol. The van der Waals surface area contributed by atoms with Gasteiger partial charge in [0.05, 0.1) is 7.11 Å². The van der Waals surface area contributed by atoms with Crippen LogP contribution in [-0.2, 0) is 13.1 Å². The largest absolute Gasteiger partial charge is 0.497 e. The quantitative estimate of drug-likeness (QED) is 0.874. The maximum Gasteiger partial charge on any atom is 0.119 e. The lowest BCUT2D eigenvalue weighted by Crippen LogP contribution is -2.34. The van der Waals surface area contributed by atoms with E-state index in [2.05, 4.69) is 71.1 Å². The molecule has 0 aliphatic rings. The first-order valence-corrected chi connectivity index (χ1v) is 7.89. The molecule has 0 aliphatic heterocycles. The molecule has 0 fully saturated rings. The number of rotatable bonds is 5. The normalized spacial score (nSPS) is 11.7. The van der Waals surface area contributed by atoms with E-state index in [1.165, 1.54) is 11.1 Å². The summed E-state index contributed by atoms with van der Waals surface area (Å²) in [6.45, 7) is 8.25. The molecule has 4 heteroatoms. The van der Waals surface area contributed by atoms with Gasteiger partial charge in [-0.25, -0.2) is 0 Å². The molecule has 114 valence electrons. The summed E-state index contributed by atoms with van der Waals surface area (Å²) < 4.78 is 8.59. The van der Waals surface area contributed by atoms with Crippen LogP contribution in [0.4, 0.5) is 0 Å². The van der Waals surface area contributed by atoms with Crippen molar-refractivity contribution in [1.82, 2.24) is 9.88 Å². The molecule has 1 N–H and O–H groups in total. The van der Waals surface area contributed by atoms with Crippen LogP contribution in [0.15, 0.2) is 41.1 Å². The molecule has 1 heterocycles. The summed E-state index contributed by atoms with van der Waals surface area (Å²) in [7, 11) is 1.69. The number of hydrogen-bond acceptors (Lipinski definition) is 2. The molecule has 0 radical (unpaired) electrons. The minimum absolute atomic E-state index is 0.137. The van der Waals surface area contributed by atoms with Gasteiger partial charge in [-0.1, -0.05) is 15.9 Å². The third-order valence-corrected chi connectivity index (χ3v) is 4.01. The first-order valence-electron chi connectivity index (χ1n) is 7.09. The van der Waals surface area contributed by atoms with Gasteiger partial charge in [-0.15, -0.1) is 0 Å². The Labute approximate surface area is 135 Å². The van der Waals surface area contributed by atoms with Crippen LogP contribution in [0, 0.1) is 0 Å². The van der Waals surface area contributed by atoms with E-state index in [0.29, 0.717) is 0 Å². The second-order valence-electron chi connectivity index (χ2n) is 6.25. The molecule has 2 aromatic rings. The fourth-order valence-corrected chi connectivity index (χ4v) is 2.43. The van der Waals surface area contributed by atoms with Crippen molar-refractivity contribution in [2.45, 2.75) is 39.4 Å². The highest BCUT2D eigenvalue weighted by atomic mass is 79.9. The monoisotopic (exact) mass is 350 g/mol. The van der Waals surface area contributed by atoms with Gasteiger partial charge in [-0.05, 0) is 56.2 Å². The van der Waals surface area contributed by atoms with Crippen LogP contribution in [0.3, 0.4) is 0 Å². The highest BCUT2D eigenvalue weighted by Crippen LogP contribution is 2.23. The summed E-state index contributed by atoms with van der Waals surface area (Å²) in [5.74, 6) is 0.884. The van der Waals surface area contributed by atoms with Crippen LogP contribution in [0.2, 0.25) is 0 Å². The Bertz CT molecular complexity index is 599. The molecule has 0 atom stereocenters. The van der Waals surface area contributed by atoms with E-state index in [1.807, 2.05) is 12.1 Å². The third-order valence-electron chi connectivity index (χ3n) is 3.24. The molecule has 0 aliphatic carbocycles. The summed E-state index contributed by atoms with van der Waals surface area (Å²) in [5, 5.41) is 3.50. The molecule has 3 nitrogen and oxygen atoms in total. The SMILES string of the molecule is COc1ccc(Br)c(Cn2ccc(CNC(C)(C)C)c2)c1. The second kappa shape index (κ2) is 6.67. The summed E-state index contributed by atoms with van der Waals surface area (Å²) in [4.78, 5) is 0. The van der Waals surface area contributed by atoms with Gasteiger partial charge in [0.25, 0.3) is 0 Å². The van der Waals surface area contributed by atoms with Crippen molar-refractivity contribution in [3.05, 3.63) is 52.3 Å². The molecule has 0 amide bonds. The predicted molar refractivity (Wildman–Crippen MR) is 90.8 cm³/mol. The Kier molecular flexibility index (Phi) is 5.12. The molecular formula is C17H23BrN2O. The smallest absolute Gasteiger partial charge is 0.119 e. The minimum Gasteiger partial charge on any atom is -0.497 e. The van der Waals surface area contributed by atoms with E-state index in [0.717, 1.165) is 23.3 Å². The van der Waals surface area contributed by atoms with E-state index < -0.39 is 0 Å². The minimum atomic E-state index is 0.137. The van der Waals surface area contributed by atoms with Crippen molar-refractivity contribution in [2.75, 3.05) is 7.11 Å². The van der Waals surface area contributed by atoms with Crippen molar-refractivity contribution in [3.8, 4) is 5.75 Å². The van der Waals surface area contributed by atoms with Gasteiger partial charge >= 0.3 is 0 Å². The number of benzene rings is 1. The first-order chi connectivity index (χ1) is 9.87. The number of hydrogen-bond donors (Lipinski definition) is 1. The van der Waals surface area contributed by atoms with Crippen LogP contribution in [0.25, 0.3) is 0 Å². The summed E-state index contributed by atoms with van der Waals surface area (Å²) in [5.41, 5.74) is 2.64. The number of halogens is 1. The molecule has 0 bridgehead atoms. The van der Waals surface area contributed by atoms with Crippen molar-refractivity contribution in [2.24, 2.45) is 0 Å². The molecule has 21 heavy (non-hydrogen) atoms. The van der Waals surface area contributed by atoms with Gasteiger partial charge in [0.2, 0.25) is 0 Å². The lowest BCUT2D eigenvalue weighted by molar-refractivity contribution is 0.414. The van der Waals surface area contributed by atoms with Gasteiger partial charge in [0, 0.05) is 35.5 Å². The Morgan fingerprint density at radius 2 is 2.00 bits per heavy atom. The highest BCUT2D eigenvalue weighted by Gasteiger charge is 2.09. The Morgan fingerprint density at radius 1 is 1.24 bits per heavy atom. The molecule has 0 spiro atoms. The predicted octanol–water partition coefficient (Wildman–Crippen LogP) is 4.20. The summed E-state index contributed by atoms with van der Waals surface area (Å²) >= 11 is 3.60. The Balaban J connectivity index is 2.05. The lowest BCUT2D eigenvalue weighted by atomic mass is 10.1. The zero-order valence-corrected chi connectivity index (χ0v) is 14.7. The third kappa shape index (κ3) is 4.90. The van der Waals surface area contributed by atoms with Gasteiger partial charge in [-0.2, -0.15) is 0 Å². The number of nitrogens with zero attached hydrogens (tertiary/aromatic N) is 1. The second-order valence-corrected chi connectivity index (χ2v) is 7.11. The van der Waals surface area contributed by atoms with Crippen molar-refractivity contribution in [1.29, 1.82) is 0 Å². The first kappa shape index (κ1) is 16.1. The number of nitrogens with one attached hydrogen (secondary N) is 1. The fraction of sp³-hybridized carbons (Fsp3) is 0.412. The lowest BCUT2D eigenvalue weighted by Gasteiger charge is -2.19. The van der Waals surface area contributed by atoms with E-state index in [-0.39, 0.29) is 5.54 Å². The standard InChI is InChI=1S/C17H23BrN2O/c1-17(2,3)19-10-13-7-8-20(11-13)12-14-9-15(21-4)5-6-16(14)18/h5-9,11,19H,10,12H2,1-4H3. The molecule has 0 unspecified atom stereocenters. The van der Waals surface area contributed by atoms with Crippen LogP contribution in [-0.4, -0.2) is 17.2 Å². The maximum absolute atomic E-state index is 5.29. The number of methoxy groups -OCH3 is 1. The van der Waals surface area contributed by atoms with E-state index in [4.69, 9.17) is 4.74 Å². The average molecular weight is 351 g/mol.